The zero-order valence-electron chi connectivity index (χ0n) is 10.9. The third kappa shape index (κ3) is 4.04. The maximum absolute atomic E-state index is 5.79. The summed E-state index contributed by atoms with van der Waals surface area (Å²) in [4.78, 5) is 1.79. The predicted octanol–water partition coefficient (Wildman–Crippen LogP) is 1.83. The van der Waals surface area contributed by atoms with Crippen LogP contribution in [0.1, 0.15) is 31.2 Å². The van der Waals surface area contributed by atoms with E-state index in [1.54, 1.807) is 4.90 Å². The molecular weight excluding hydrogens is 210 g/mol. The molecule has 1 N–H and O–H groups in total. The van der Waals surface area contributed by atoms with Crippen LogP contribution in [0.4, 0.5) is 0 Å². The van der Waals surface area contributed by atoms with Crippen LogP contribution >= 0.6 is 0 Å². The first kappa shape index (κ1) is 12.4. The molecule has 2 heteroatoms. The summed E-state index contributed by atoms with van der Waals surface area (Å²) in [6.07, 6.45) is 5.32. The summed E-state index contributed by atoms with van der Waals surface area (Å²) < 4.78 is 5.79. The normalized spacial score (nSPS) is 16.3. The average molecular weight is 234 g/mol. The van der Waals surface area contributed by atoms with Crippen LogP contribution in [-0.4, -0.2) is 26.2 Å². The minimum atomic E-state index is 0.859. The van der Waals surface area contributed by atoms with Gasteiger partial charge >= 0.3 is 0 Å². The first-order valence-electron chi connectivity index (χ1n) is 6.88. The van der Waals surface area contributed by atoms with E-state index >= 15 is 0 Å². The molecule has 0 saturated carbocycles. The summed E-state index contributed by atoms with van der Waals surface area (Å²) >= 11 is 0. The lowest BCUT2D eigenvalue weighted by atomic mass is 10.2. The van der Waals surface area contributed by atoms with Crippen LogP contribution in [0.3, 0.4) is 0 Å². The van der Waals surface area contributed by atoms with Crippen LogP contribution in [0.15, 0.2) is 24.3 Å². The Morgan fingerprint density at radius 1 is 1.12 bits per heavy atom. The summed E-state index contributed by atoms with van der Waals surface area (Å²) in [6, 6.07) is 8.25. The Bertz CT molecular complexity index is 331. The molecule has 0 atom stereocenters. The van der Waals surface area contributed by atoms with E-state index in [9.17, 15) is 0 Å². The summed E-state index contributed by atoms with van der Waals surface area (Å²) in [7, 11) is 0. The lowest BCUT2D eigenvalue weighted by Gasteiger charge is -2.12. The molecule has 0 aliphatic carbocycles. The van der Waals surface area contributed by atoms with E-state index in [1.165, 1.54) is 50.9 Å². The molecule has 0 unspecified atom stereocenters. The molecule has 0 radical (unpaired) electrons. The van der Waals surface area contributed by atoms with Crippen molar-refractivity contribution in [2.75, 3.05) is 26.2 Å². The largest absolute Gasteiger partial charge is 0.493 e. The second-order valence-electron chi connectivity index (χ2n) is 5.03. The Morgan fingerprint density at radius 2 is 1.88 bits per heavy atom. The van der Waals surface area contributed by atoms with E-state index in [1.807, 2.05) is 6.07 Å². The molecule has 1 aliphatic rings. The molecule has 1 saturated heterocycles. The minimum Gasteiger partial charge on any atom is -0.493 e. The van der Waals surface area contributed by atoms with E-state index in [0.29, 0.717) is 0 Å². The molecule has 1 aliphatic heterocycles. The molecule has 2 nitrogen and oxygen atoms in total. The predicted molar refractivity (Wildman–Crippen MR) is 70.7 cm³/mol. The van der Waals surface area contributed by atoms with E-state index in [-0.39, 0.29) is 0 Å². The number of likely N-dealkylation sites (tertiary alicyclic amines) is 1. The van der Waals surface area contributed by atoms with Crippen molar-refractivity contribution >= 4 is 0 Å². The summed E-state index contributed by atoms with van der Waals surface area (Å²) in [5.41, 5.74) is 1.23. The fraction of sp³-hybridized carbons (Fsp3) is 0.600. The maximum atomic E-state index is 5.79. The fourth-order valence-corrected chi connectivity index (χ4v) is 2.50. The summed E-state index contributed by atoms with van der Waals surface area (Å²) in [6.45, 7) is 7.07. The number of ether oxygens (including phenoxy) is 1. The second-order valence-corrected chi connectivity index (χ2v) is 5.03. The number of para-hydroxylation sites is 1. The van der Waals surface area contributed by atoms with Gasteiger partial charge in [0.05, 0.1) is 26.2 Å². The van der Waals surface area contributed by atoms with E-state index in [2.05, 4.69) is 25.1 Å². The van der Waals surface area contributed by atoms with Crippen LogP contribution in [0, 0.1) is 6.92 Å². The van der Waals surface area contributed by atoms with Gasteiger partial charge in [-0.05, 0) is 31.4 Å². The highest BCUT2D eigenvalue weighted by atomic mass is 16.5. The molecule has 0 spiro atoms. The van der Waals surface area contributed by atoms with Gasteiger partial charge in [-0.3, -0.25) is 0 Å². The number of hydrogen-bond acceptors (Lipinski definition) is 1. The lowest BCUT2D eigenvalue weighted by Crippen LogP contribution is -3.09. The quantitative estimate of drug-likeness (QED) is 0.741. The molecule has 0 bridgehead atoms. The summed E-state index contributed by atoms with van der Waals surface area (Å²) in [5.74, 6) is 1.04. The molecule has 94 valence electrons. The van der Waals surface area contributed by atoms with Crippen molar-refractivity contribution in [2.24, 2.45) is 0 Å². The van der Waals surface area contributed by atoms with Crippen molar-refractivity contribution in [1.82, 2.24) is 0 Å². The third-order valence-corrected chi connectivity index (χ3v) is 3.59. The van der Waals surface area contributed by atoms with E-state index in [0.717, 1.165) is 12.4 Å². The van der Waals surface area contributed by atoms with Crippen LogP contribution < -0.4 is 9.64 Å². The highest BCUT2D eigenvalue weighted by Gasteiger charge is 2.13. The molecule has 1 heterocycles. The smallest absolute Gasteiger partial charge is 0.122 e. The number of unbranched alkanes of at least 4 members (excludes halogenated alkanes) is 1. The maximum Gasteiger partial charge on any atom is 0.122 e. The Labute approximate surface area is 105 Å². The number of hydrogen-bond donors (Lipinski definition) is 1. The van der Waals surface area contributed by atoms with Crippen molar-refractivity contribution in [3.63, 3.8) is 0 Å². The Morgan fingerprint density at radius 3 is 2.65 bits per heavy atom. The number of quaternary nitrogens is 1. The van der Waals surface area contributed by atoms with Gasteiger partial charge in [0.1, 0.15) is 5.75 Å². The zero-order valence-corrected chi connectivity index (χ0v) is 10.9. The van der Waals surface area contributed by atoms with Crippen LogP contribution in [0.25, 0.3) is 0 Å². The number of rotatable bonds is 6. The Hall–Kier alpha value is -1.02. The Kier molecular flexibility index (Phi) is 4.87. The standard InChI is InChI=1S/C15H23NO/c1-14-8-2-3-9-15(14)17-13-7-6-12-16-10-4-5-11-16/h2-3,8-9H,4-7,10-13H2,1H3/p+1. The van der Waals surface area contributed by atoms with Gasteiger partial charge in [0.2, 0.25) is 0 Å². The van der Waals surface area contributed by atoms with E-state index < -0.39 is 0 Å². The molecule has 0 amide bonds. The van der Waals surface area contributed by atoms with Crippen molar-refractivity contribution in [3.8, 4) is 5.75 Å². The average Bonchev–Trinajstić information content (AvgIpc) is 2.84. The lowest BCUT2D eigenvalue weighted by molar-refractivity contribution is -0.887. The van der Waals surface area contributed by atoms with Crippen LogP contribution in [-0.2, 0) is 0 Å². The molecule has 0 aromatic heterocycles. The van der Waals surface area contributed by atoms with Crippen molar-refractivity contribution in [2.45, 2.75) is 32.6 Å². The number of benzene rings is 1. The van der Waals surface area contributed by atoms with Crippen LogP contribution in [0.5, 0.6) is 5.75 Å². The number of aryl methyl sites for hydroxylation is 1. The monoisotopic (exact) mass is 234 g/mol. The molecule has 17 heavy (non-hydrogen) atoms. The van der Waals surface area contributed by atoms with Gasteiger partial charge in [-0.15, -0.1) is 0 Å². The third-order valence-electron chi connectivity index (χ3n) is 3.59. The zero-order chi connectivity index (χ0) is 11.9. The van der Waals surface area contributed by atoms with Gasteiger partial charge in [-0.25, -0.2) is 0 Å². The number of nitrogens with one attached hydrogen (secondary N) is 1. The van der Waals surface area contributed by atoms with Crippen LogP contribution in [0.2, 0.25) is 0 Å². The highest BCUT2D eigenvalue weighted by Crippen LogP contribution is 2.16. The molecule has 1 aromatic rings. The minimum absolute atomic E-state index is 0.859. The molecular formula is C15H24NO+. The SMILES string of the molecule is Cc1ccccc1OCCCC[NH+]1CCCC1. The Balaban J connectivity index is 1.58. The van der Waals surface area contributed by atoms with Gasteiger partial charge in [0.15, 0.2) is 0 Å². The van der Waals surface area contributed by atoms with Crippen molar-refractivity contribution in [3.05, 3.63) is 29.8 Å². The van der Waals surface area contributed by atoms with Crippen molar-refractivity contribution in [1.29, 1.82) is 0 Å². The van der Waals surface area contributed by atoms with Crippen molar-refractivity contribution < 1.29 is 9.64 Å². The topological polar surface area (TPSA) is 13.7 Å². The van der Waals surface area contributed by atoms with Gasteiger partial charge < -0.3 is 9.64 Å². The van der Waals surface area contributed by atoms with Gasteiger partial charge in [0, 0.05) is 12.8 Å². The molecule has 1 aromatic carbocycles. The van der Waals surface area contributed by atoms with Gasteiger partial charge in [-0.1, -0.05) is 18.2 Å². The molecule has 2 rings (SSSR count). The summed E-state index contributed by atoms with van der Waals surface area (Å²) in [5, 5.41) is 0. The molecule has 1 fully saturated rings. The first-order chi connectivity index (χ1) is 8.36. The second kappa shape index (κ2) is 6.65. The highest BCUT2D eigenvalue weighted by molar-refractivity contribution is 5.31. The fourth-order valence-electron chi connectivity index (χ4n) is 2.50. The first-order valence-corrected chi connectivity index (χ1v) is 6.88. The van der Waals surface area contributed by atoms with Gasteiger partial charge in [0.25, 0.3) is 0 Å². The van der Waals surface area contributed by atoms with E-state index in [4.69, 9.17) is 4.74 Å². The van der Waals surface area contributed by atoms with Gasteiger partial charge in [-0.2, -0.15) is 0 Å².